The molecular formula is C12H20N4. The van der Waals surface area contributed by atoms with Gasteiger partial charge in [0.2, 0.25) is 0 Å². The maximum Gasteiger partial charge on any atom is 0.151 e. The van der Waals surface area contributed by atoms with E-state index in [1.54, 1.807) is 0 Å². The number of H-pyrrole nitrogens is 1. The average molecular weight is 220 g/mol. The van der Waals surface area contributed by atoms with E-state index < -0.39 is 0 Å². The van der Waals surface area contributed by atoms with Gasteiger partial charge in [-0.2, -0.15) is 5.10 Å². The lowest BCUT2D eigenvalue weighted by molar-refractivity contribution is 0.578. The molecule has 2 unspecified atom stereocenters. The van der Waals surface area contributed by atoms with Crippen molar-refractivity contribution in [2.75, 3.05) is 18.4 Å². The highest BCUT2D eigenvalue weighted by atomic mass is 15.2. The normalized spacial score (nSPS) is 29.1. The molecule has 1 aromatic rings. The van der Waals surface area contributed by atoms with Crippen molar-refractivity contribution in [1.82, 2.24) is 15.5 Å². The Hall–Kier alpha value is -1.03. The fraction of sp³-hybridized carbons (Fsp3) is 0.750. The quantitative estimate of drug-likeness (QED) is 0.710. The molecule has 0 radical (unpaired) electrons. The predicted molar refractivity (Wildman–Crippen MR) is 64.8 cm³/mol. The van der Waals surface area contributed by atoms with Gasteiger partial charge in [0.05, 0.1) is 0 Å². The van der Waals surface area contributed by atoms with Gasteiger partial charge < -0.3 is 10.6 Å². The number of aromatic amines is 1. The standard InChI is InChI=1S/C12H20N4/c1-8-3-2-4-10-11(8)15-16-12(10)14-9-5-6-13-7-9/h8-9,13H,2-7H2,1H3,(H2,14,15,16). The molecule has 1 aromatic heterocycles. The summed E-state index contributed by atoms with van der Waals surface area (Å²) in [6, 6.07) is 0.560. The van der Waals surface area contributed by atoms with Crippen molar-refractivity contribution in [2.24, 2.45) is 0 Å². The molecule has 4 heteroatoms. The Bertz CT molecular complexity index is 365. The van der Waals surface area contributed by atoms with Crippen molar-refractivity contribution in [3.8, 4) is 0 Å². The number of fused-ring (bicyclic) bond motifs is 1. The monoisotopic (exact) mass is 220 g/mol. The van der Waals surface area contributed by atoms with Crippen LogP contribution in [0.5, 0.6) is 0 Å². The molecule has 1 saturated heterocycles. The van der Waals surface area contributed by atoms with Crippen LogP contribution in [0.1, 0.15) is 43.4 Å². The van der Waals surface area contributed by atoms with Crippen molar-refractivity contribution in [1.29, 1.82) is 0 Å². The molecule has 4 nitrogen and oxygen atoms in total. The van der Waals surface area contributed by atoms with Gasteiger partial charge in [-0.05, 0) is 38.1 Å². The Kier molecular flexibility index (Phi) is 2.59. The molecule has 3 N–H and O–H groups in total. The van der Waals surface area contributed by atoms with E-state index in [1.807, 2.05) is 0 Å². The van der Waals surface area contributed by atoms with Gasteiger partial charge in [-0.15, -0.1) is 0 Å². The van der Waals surface area contributed by atoms with Crippen LogP contribution in [0.4, 0.5) is 5.82 Å². The third-order valence-corrected chi connectivity index (χ3v) is 3.86. The van der Waals surface area contributed by atoms with Crippen LogP contribution < -0.4 is 10.6 Å². The van der Waals surface area contributed by atoms with Crippen LogP contribution in [-0.4, -0.2) is 29.3 Å². The van der Waals surface area contributed by atoms with Crippen molar-refractivity contribution in [3.63, 3.8) is 0 Å². The van der Waals surface area contributed by atoms with Gasteiger partial charge in [0.15, 0.2) is 5.82 Å². The van der Waals surface area contributed by atoms with Gasteiger partial charge in [0.1, 0.15) is 0 Å². The third-order valence-electron chi connectivity index (χ3n) is 3.86. The Morgan fingerprint density at radius 1 is 1.38 bits per heavy atom. The number of hydrogen-bond donors (Lipinski definition) is 3. The molecule has 0 spiro atoms. The van der Waals surface area contributed by atoms with Gasteiger partial charge in [0, 0.05) is 23.8 Å². The Labute approximate surface area is 96.2 Å². The second-order valence-corrected chi connectivity index (χ2v) is 5.09. The van der Waals surface area contributed by atoms with E-state index in [1.165, 1.54) is 36.9 Å². The number of nitrogens with zero attached hydrogens (tertiary/aromatic N) is 1. The molecule has 0 bridgehead atoms. The molecule has 2 aliphatic rings. The minimum absolute atomic E-state index is 0.560. The molecule has 0 aromatic carbocycles. The SMILES string of the molecule is CC1CCCc2c(NC3CCNC3)n[nH]c21. The van der Waals surface area contributed by atoms with Gasteiger partial charge in [0.25, 0.3) is 0 Å². The first-order chi connectivity index (χ1) is 7.84. The van der Waals surface area contributed by atoms with Gasteiger partial charge in [-0.1, -0.05) is 6.92 Å². The molecule has 2 heterocycles. The van der Waals surface area contributed by atoms with Crippen molar-refractivity contribution in [2.45, 2.75) is 44.6 Å². The zero-order valence-corrected chi connectivity index (χ0v) is 9.84. The third kappa shape index (κ3) is 1.71. The predicted octanol–water partition coefficient (Wildman–Crippen LogP) is 1.62. The molecule has 0 saturated carbocycles. The lowest BCUT2D eigenvalue weighted by Gasteiger charge is -2.19. The van der Waals surface area contributed by atoms with Crippen molar-refractivity contribution in [3.05, 3.63) is 11.3 Å². The summed E-state index contributed by atoms with van der Waals surface area (Å²) in [5, 5.41) is 14.6. The molecular weight excluding hydrogens is 200 g/mol. The molecule has 0 amide bonds. The molecule has 88 valence electrons. The summed E-state index contributed by atoms with van der Waals surface area (Å²) in [5.74, 6) is 1.75. The fourth-order valence-corrected chi connectivity index (χ4v) is 2.86. The van der Waals surface area contributed by atoms with Crippen LogP contribution in [0.3, 0.4) is 0 Å². The van der Waals surface area contributed by atoms with Crippen LogP contribution >= 0.6 is 0 Å². The number of anilines is 1. The molecule has 1 fully saturated rings. The summed E-state index contributed by atoms with van der Waals surface area (Å²) in [4.78, 5) is 0. The number of nitrogens with one attached hydrogen (secondary N) is 3. The van der Waals surface area contributed by atoms with Crippen LogP contribution in [-0.2, 0) is 6.42 Å². The van der Waals surface area contributed by atoms with Crippen molar-refractivity contribution < 1.29 is 0 Å². The maximum absolute atomic E-state index is 4.45. The highest BCUT2D eigenvalue weighted by molar-refractivity contribution is 5.49. The Morgan fingerprint density at radius 2 is 2.31 bits per heavy atom. The molecule has 2 atom stereocenters. The first-order valence-corrected chi connectivity index (χ1v) is 6.39. The van der Waals surface area contributed by atoms with Gasteiger partial charge >= 0.3 is 0 Å². The van der Waals surface area contributed by atoms with Crippen LogP contribution in [0.25, 0.3) is 0 Å². The number of aromatic nitrogens is 2. The van der Waals surface area contributed by atoms with E-state index in [0.717, 1.165) is 18.9 Å². The summed E-state index contributed by atoms with van der Waals surface area (Å²) in [7, 11) is 0. The number of rotatable bonds is 2. The fourth-order valence-electron chi connectivity index (χ4n) is 2.86. The van der Waals surface area contributed by atoms with E-state index in [0.29, 0.717) is 12.0 Å². The van der Waals surface area contributed by atoms with E-state index in [4.69, 9.17) is 0 Å². The topological polar surface area (TPSA) is 52.7 Å². The van der Waals surface area contributed by atoms with Crippen molar-refractivity contribution >= 4 is 5.82 Å². The molecule has 16 heavy (non-hydrogen) atoms. The first kappa shape index (κ1) is 10.1. The van der Waals surface area contributed by atoms with Crippen LogP contribution in [0, 0.1) is 0 Å². The van der Waals surface area contributed by atoms with E-state index >= 15 is 0 Å². The highest BCUT2D eigenvalue weighted by Crippen LogP contribution is 2.33. The average Bonchev–Trinajstić information content (AvgIpc) is 2.90. The summed E-state index contributed by atoms with van der Waals surface area (Å²) in [5.41, 5.74) is 2.80. The Morgan fingerprint density at radius 3 is 3.12 bits per heavy atom. The van der Waals surface area contributed by atoms with Gasteiger partial charge in [-0.25, -0.2) is 0 Å². The lowest BCUT2D eigenvalue weighted by Crippen LogP contribution is -2.23. The lowest BCUT2D eigenvalue weighted by atomic mass is 9.89. The minimum atomic E-state index is 0.560. The largest absolute Gasteiger partial charge is 0.364 e. The van der Waals surface area contributed by atoms with Crippen LogP contribution in [0.15, 0.2) is 0 Å². The zero-order chi connectivity index (χ0) is 11.0. The summed E-state index contributed by atoms with van der Waals surface area (Å²) in [6.45, 7) is 4.48. The maximum atomic E-state index is 4.45. The summed E-state index contributed by atoms with van der Waals surface area (Å²) >= 11 is 0. The smallest absolute Gasteiger partial charge is 0.151 e. The van der Waals surface area contributed by atoms with Gasteiger partial charge in [-0.3, -0.25) is 5.10 Å². The second-order valence-electron chi connectivity index (χ2n) is 5.09. The van der Waals surface area contributed by atoms with Crippen LogP contribution in [0.2, 0.25) is 0 Å². The zero-order valence-electron chi connectivity index (χ0n) is 9.84. The Balaban J connectivity index is 1.79. The van der Waals surface area contributed by atoms with E-state index in [9.17, 15) is 0 Å². The highest BCUT2D eigenvalue weighted by Gasteiger charge is 2.24. The minimum Gasteiger partial charge on any atom is -0.364 e. The first-order valence-electron chi connectivity index (χ1n) is 6.39. The second kappa shape index (κ2) is 4.09. The summed E-state index contributed by atoms with van der Waals surface area (Å²) in [6.07, 6.45) is 4.97. The van der Waals surface area contributed by atoms with E-state index in [2.05, 4.69) is 27.8 Å². The molecule has 3 rings (SSSR count). The molecule has 1 aliphatic carbocycles. The number of hydrogen-bond acceptors (Lipinski definition) is 3. The molecule has 1 aliphatic heterocycles. The summed E-state index contributed by atoms with van der Waals surface area (Å²) < 4.78 is 0. The van der Waals surface area contributed by atoms with E-state index in [-0.39, 0.29) is 0 Å².